The lowest BCUT2D eigenvalue weighted by Crippen LogP contribution is -2.47. The Kier molecular flexibility index (Phi) is 3.69. The highest BCUT2D eigenvalue weighted by Crippen LogP contribution is 2.45. The third-order valence-electron chi connectivity index (χ3n) is 5.47. The molecule has 0 unspecified atom stereocenters. The molecule has 1 amide bonds. The Morgan fingerprint density at radius 1 is 1.04 bits per heavy atom. The molecule has 2 atom stereocenters. The van der Waals surface area contributed by atoms with Crippen LogP contribution in [0.1, 0.15) is 39.4 Å². The van der Waals surface area contributed by atoms with Gasteiger partial charge in [-0.3, -0.25) is 4.79 Å². The Labute approximate surface area is 143 Å². The van der Waals surface area contributed by atoms with Crippen molar-refractivity contribution in [1.82, 2.24) is 4.90 Å². The maximum absolute atomic E-state index is 13.3. The molecule has 2 aliphatic heterocycles. The van der Waals surface area contributed by atoms with Crippen molar-refractivity contribution in [2.75, 3.05) is 25.0 Å². The molecular weight excluding hydrogens is 296 g/mol. The summed E-state index contributed by atoms with van der Waals surface area (Å²) < 4.78 is 0. The number of carbonyl (C=O) groups excluding carboxylic acids is 1. The number of rotatable bonds is 1. The van der Waals surface area contributed by atoms with Crippen LogP contribution in [-0.2, 0) is 0 Å². The molecule has 2 heterocycles. The monoisotopic (exact) mass is 320 g/mol. The summed E-state index contributed by atoms with van der Waals surface area (Å²) in [6.07, 6.45) is 1.03. The number of hydrogen-bond donors (Lipinski definition) is 0. The fourth-order valence-electron chi connectivity index (χ4n) is 4.18. The van der Waals surface area contributed by atoms with Gasteiger partial charge in [-0.25, -0.2) is 0 Å². The summed E-state index contributed by atoms with van der Waals surface area (Å²) in [4.78, 5) is 17.7. The van der Waals surface area contributed by atoms with E-state index in [0.29, 0.717) is 5.92 Å². The summed E-state index contributed by atoms with van der Waals surface area (Å²) in [5.41, 5.74) is 5.68. The molecule has 0 N–H and O–H groups in total. The maximum Gasteiger partial charge on any atom is 0.258 e. The van der Waals surface area contributed by atoms with Crippen molar-refractivity contribution in [3.05, 3.63) is 64.7 Å². The van der Waals surface area contributed by atoms with Crippen LogP contribution >= 0.6 is 0 Å². The Morgan fingerprint density at radius 3 is 2.50 bits per heavy atom. The number of fused-ring (bicyclic) bond motifs is 3. The molecule has 2 aliphatic rings. The number of aryl methyl sites for hydroxylation is 2. The molecular formula is C21H24N2O. The molecule has 2 aromatic rings. The number of likely N-dealkylation sites (N-methyl/N-ethyl adjacent to an activating group) is 1. The number of hydrogen-bond acceptors (Lipinski definition) is 2. The van der Waals surface area contributed by atoms with Crippen LogP contribution in [0, 0.1) is 13.8 Å². The third kappa shape index (κ3) is 2.44. The van der Waals surface area contributed by atoms with Crippen molar-refractivity contribution >= 4 is 11.6 Å². The molecule has 2 aromatic carbocycles. The number of amides is 1. The molecule has 1 fully saturated rings. The van der Waals surface area contributed by atoms with Crippen LogP contribution in [0.2, 0.25) is 0 Å². The van der Waals surface area contributed by atoms with Crippen LogP contribution < -0.4 is 4.90 Å². The van der Waals surface area contributed by atoms with Gasteiger partial charge in [0, 0.05) is 29.8 Å². The topological polar surface area (TPSA) is 23.6 Å². The van der Waals surface area contributed by atoms with E-state index in [9.17, 15) is 4.79 Å². The predicted molar refractivity (Wildman–Crippen MR) is 97.8 cm³/mol. The molecule has 4 rings (SSSR count). The number of nitrogens with zero attached hydrogens (tertiary/aromatic N) is 2. The highest BCUT2D eigenvalue weighted by atomic mass is 16.2. The lowest BCUT2D eigenvalue weighted by Gasteiger charge is -2.36. The first kappa shape index (κ1) is 15.4. The molecule has 24 heavy (non-hydrogen) atoms. The Bertz CT molecular complexity index is 781. The number of likely N-dealkylation sites (tertiary alicyclic amines) is 1. The molecule has 0 aromatic heterocycles. The minimum Gasteiger partial charge on any atom is -0.306 e. The summed E-state index contributed by atoms with van der Waals surface area (Å²) in [6, 6.07) is 14.8. The van der Waals surface area contributed by atoms with E-state index < -0.39 is 0 Å². The van der Waals surface area contributed by atoms with Gasteiger partial charge in [-0.1, -0.05) is 35.4 Å². The van der Waals surface area contributed by atoms with Gasteiger partial charge in [0.15, 0.2) is 0 Å². The minimum atomic E-state index is 0.136. The summed E-state index contributed by atoms with van der Waals surface area (Å²) in [6.45, 7) is 6.26. The van der Waals surface area contributed by atoms with Crippen molar-refractivity contribution in [3.63, 3.8) is 0 Å². The van der Waals surface area contributed by atoms with Crippen LogP contribution in [0.15, 0.2) is 42.5 Å². The normalized spacial score (nSPS) is 23.0. The molecule has 3 nitrogen and oxygen atoms in total. The summed E-state index contributed by atoms with van der Waals surface area (Å²) in [5, 5.41) is 0. The smallest absolute Gasteiger partial charge is 0.258 e. The highest BCUT2D eigenvalue weighted by molar-refractivity contribution is 6.08. The van der Waals surface area contributed by atoms with Crippen molar-refractivity contribution in [1.29, 1.82) is 0 Å². The van der Waals surface area contributed by atoms with E-state index in [2.05, 4.69) is 48.9 Å². The molecule has 124 valence electrons. The van der Waals surface area contributed by atoms with Gasteiger partial charge in [0.1, 0.15) is 0 Å². The van der Waals surface area contributed by atoms with Gasteiger partial charge in [-0.05, 0) is 57.6 Å². The van der Waals surface area contributed by atoms with Gasteiger partial charge in [0.25, 0.3) is 5.91 Å². The summed E-state index contributed by atoms with van der Waals surface area (Å²) in [7, 11) is 2.18. The van der Waals surface area contributed by atoms with Gasteiger partial charge in [0.05, 0.1) is 0 Å². The van der Waals surface area contributed by atoms with E-state index in [1.165, 1.54) is 16.7 Å². The SMILES string of the molecule is Cc1ccc(C(=O)N2c3ccc(C)cc3[C@@H]3CN(C)CC[C@@H]32)cc1. The summed E-state index contributed by atoms with van der Waals surface area (Å²) >= 11 is 0. The molecule has 0 aliphatic carbocycles. The van der Waals surface area contributed by atoms with Crippen molar-refractivity contribution in [2.45, 2.75) is 32.2 Å². The second-order valence-electron chi connectivity index (χ2n) is 7.33. The molecule has 0 spiro atoms. The third-order valence-corrected chi connectivity index (χ3v) is 5.47. The van der Waals surface area contributed by atoms with Crippen LogP contribution in [0.3, 0.4) is 0 Å². The quantitative estimate of drug-likeness (QED) is 0.799. The molecule has 0 radical (unpaired) electrons. The molecule has 0 saturated carbocycles. The van der Waals surface area contributed by atoms with Crippen molar-refractivity contribution < 1.29 is 4.79 Å². The van der Waals surface area contributed by atoms with E-state index in [4.69, 9.17) is 0 Å². The Balaban J connectivity index is 1.77. The maximum atomic E-state index is 13.3. The average Bonchev–Trinajstić information content (AvgIpc) is 2.88. The van der Waals surface area contributed by atoms with E-state index in [-0.39, 0.29) is 11.9 Å². The van der Waals surface area contributed by atoms with Crippen LogP contribution in [0.5, 0.6) is 0 Å². The molecule has 0 bridgehead atoms. The first-order valence-electron chi connectivity index (χ1n) is 8.74. The zero-order valence-corrected chi connectivity index (χ0v) is 14.6. The molecule has 3 heteroatoms. The van der Waals surface area contributed by atoms with E-state index >= 15 is 0 Å². The van der Waals surface area contributed by atoms with Crippen molar-refractivity contribution in [3.8, 4) is 0 Å². The first-order chi connectivity index (χ1) is 11.5. The van der Waals surface area contributed by atoms with E-state index in [1.54, 1.807) is 0 Å². The number of piperidine rings is 1. The van der Waals surface area contributed by atoms with Gasteiger partial charge in [-0.2, -0.15) is 0 Å². The van der Waals surface area contributed by atoms with Crippen LogP contribution in [0.25, 0.3) is 0 Å². The number of carbonyl (C=O) groups is 1. The fraction of sp³-hybridized carbons (Fsp3) is 0.381. The van der Waals surface area contributed by atoms with Crippen LogP contribution in [-0.4, -0.2) is 37.0 Å². The lowest BCUT2D eigenvalue weighted by molar-refractivity contribution is 0.0964. The molecule has 1 saturated heterocycles. The van der Waals surface area contributed by atoms with Crippen LogP contribution in [0.4, 0.5) is 5.69 Å². The minimum absolute atomic E-state index is 0.136. The van der Waals surface area contributed by atoms with Gasteiger partial charge >= 0.3 is 0 Å². The largest absolute Gasteiger partial charge is 0.306 e. The predicted octanol–water partition coefficient (Wildman–Crippen LogP) is 3.75. The lowest BCUT2D eigenvalue weighted by atomic mass is 9.88. The fourth-order valence-corrected chi connectivity index (χ4v) is 4.18. The second kappa shape index (κ2) is 5.75. The van der Waals surface area contributed by atoms with E-state index in [0.717, 1.165) is 30.8 Å². The van der Waals surface area contributed by atoms with E-state index in [1.807, 2.05) is 24.3 Å². The number of anilines is 1. The first-order valence-corrected chi connectivity index (χ1v) is 8.74. The zero-order valence-electron chi connectivity index (χ0n) is 14.6. The standard InChI is InChI=1S/C21H24N2O/c1-14-4-7-16(8-5-14)21(24)23-19-9-6-15(2)12-17(19)18-13-22(3)11-10-20(18)23/h4-9,12,18,20H,10-11,13H2,1-3H3/t18-,20-/m0/s1. The van der Waals surface area contributed by atoms with Gasteiger partial charge in [0.2, 0.25) is 0 Å². The Morgan fingerprint density at radius 2 is 1.75 bits per heavy atom. The second-order valence-corrected chi connectivity index (χ2v) is 7.33. The zero-order chi connectivity index (χ0) is 16.8. The average molecular weight is 320 g/mol. The highest BCUT2D eigenvalue weighted by Gasteiger charge is 2.43. The van der Waals surface area contributed by atoms with Gasteiger partial charge < -0.3 is 9.80 Å². The number of benzene rings is 2. The Hall–Kier alpha value is -2.13. The van der Waals surface area contributed by atoms with Crippen molar-refractivity contribution in [2.24, 2.45) is 0 Å². The van der Waals surface area contributed by atoms with Gasteiger partial charge in [-0.15, -0.1) is 0 Å². The summed E-state index contributed by atoms with van der Waals surface area (Å²) in [5.74, 6) is 0.560.